The van der Waals surface area contributed by atoms with Crippen molar-refractivity contribution < 1.29 is 0 Å². The standard InChI is InChI=1S/C11H19N3/c1-3-5-10(4-2)13-8-11-6-7-12-9-14-11/h6-7,9-10,13H,3-5,8H2,1-2H3. The van der Waals surface area contributed by atoms with Crippen molar-refractivity contribution in [1.29, 1.82) is 0 Å². The van der Waals surface area contributed by atoms with Gasteiger partial charge in [0.05, 0.1) is 5.69 Å². The Kier molecular flexibility index (Phi) is 5.15. The Morgan fingerprint density at radius 1 is 1.43 bits per heavy atom. The Hall–Kier alpha value is -0.960. The van der Waals surface area contributed by atoms with E-state index < -0.39 is 0 Å². The number of rotatable bonds is 6. The molecule has 1 aromatic rings. The third-order valence-corrected chi connectivity index (χ3v) is 2.35. The van der Waals surface area contributed by atoms with Crippen LogP contribution in [-0.2, 0) is 6.54 Å². The molecule has 1 unspecified atom stereocenters. The molecule has 0 amide bonds. The molecule has 3 nitrogen and oxygen atoms in total. The minimum atomic E-state index is 0.620. The van der Waals surface area contributed by atoms with Crippen LogP contribution >= 0.6 is 0 Å². The van der Waals surface area contributed by atoms with E-state index in [2.05, 4.69) is 29.1 Å². The van der Waals surface area contributed by atoms with Crippen molar-refractivity contribution in [3.8, 4) is 0 Å². The SMILES string of the molecule is CCCC(CC)NCc1ccncn1. The smallest absolute Gasteiger partial charge is 0.115 e. The lowest BCUT2D eigenvalue weighted by Gasteiger charge is -2.15. The first-order valence-corrected chi connectivity index (χ1v) is 5.35. The summed E-state index contributed by atoms with van der Waals surface area (Å²) in [4.78, 5) is 8.06. The van der Waals surface area contributed by atoms with E-state index in [4.69, 9.17) is 0 Å². The molecular weight excluding hydrogens is 174 g/mol. The Bertz CT molecular complexity index is 236. The first-order chi connectivity index (χ1) is 6.86. The fraction of sp³-hybridized carbons (Fsp3) is 0.636. The van der Waals surface area contributed by atoms with Crippen LogP contribution in [0.2, 0.25) is 0 Å². The molecule has 1 heterocycles. The van der Waals surface area contributed by atoms with Crippen LogP contribution in [0, 0.1) is 0 Å². The van der Waals surface area contributed by atoms with Gasteiger partial charge in [-0.3, -0.25) is 0 Å². The van der Waals surface area contributed by atoms with Gasteiger partial charge >= 0.3 is 0 Å². The van der Waals surface area contributed by atoms with Gasteiger partial charge in [0.1, 0.15) is 6.33 Å². The number of nitrogens with one attached hydrogen (secondary N) is 1. The van der Waals surface area contributed by atoms with Crippen molar-refractivity contribution in [2.75, 3.05) is 0 Å². The minimum absolute atomic E-state index is 0.620. The Morgan fingerprint density at radius 2 is 2.29 bits per heavy atom. The molecule has 78 valence electrons. The lowest BCUT2D eigenvalue weighted by molar-refractivity contribution is 0.459. The average Bonchev–Trinajstić information content (AvgIpc) is 2.25. The first kappa shape index (κ1) is 11.1. The van der Waals surface area contributed by atoms with E-state index >= 15 is 0 Å². The van der Waals surface area contributed by atoms with E-state index in [-0.39, 0.29) is 0 Å². The van der Waals surface area contributed by atoms with Gasteiger partial charge in [0.15, 0.2) is 0 Å². The summed E-state index contributed by atoms with van der Waals surface area (Å²) in [6, 6.07) is 2.57. The normalized spacial score (nSPS) is 12.7. The molecule has 0 saturated heterocycles. The number of nitrogens with zero attached hydrogens (tertiary/aromatic N) is 2. The predicted molar refractivity (Wildman–Crippen MR) is 57.9 cm³/mol. The summed E-state index contributed by atoms with van der Waals surface area (Å²) in [5, 5.41) is 3.50. The maximum Gasteiger partial charge on any atom is 0.115 e. The molecule has 3 heteroatoms. The molecule has 0 spiro atoms. The minimum Gasteiger partial charge on any atom is -0.308 e. The molecule has 0 saturated carbocycles. The van der Waals surface area contributed by atoms with Crippen LogP contribution in [0.1, 0.15) is 38.8 Å². The monoisotopic (exact) mass is 193 g/mol. The van der Waals surface area contributed by atoms with Crippen molar-refractivity contribution in [1.82, 2.24) is 15.3 Å². The van der Waals surface area contributed by atoms with E-state index in [1.165, 1.54) is 19.3 Å². The summed E-state index contributed by atoms with van der Waals surface area (Å²) >= 11 is 0. The lowest BCUT2D eigenvalue weighted by atomic mass is 10.1. The first-order valence-electron chi connectivity index (χ1n) is 5.35. The van der Waals surface area contributed by atoms with Gasteiger partial charge in [0, 0.05) is 18.8 Å². The summed E-state index contributed by atoms with van der Waals surface area (Å²) in [6.45, 7) is 5.28. The van der Waals surface area contributed by atoms with Gasteiger partial charge < -0.3 is 5.32 Å². The van der Waals surface area contributed by atoms with Crippen LogP contribution in [0.5, 0.6) is 0 Å². The van der Waals surface area contributed by atoms with Crippen molar-refractivity contribution in [3.63, 3.8) is 0 Å². The second kappa shape index (κ2) is 6.49. The van der Waals surface area contributed by atoms with Crippen molar-refractivity contribution in [2.45, 2.75) is 45.7 Å². The summed E-state index contributed by atoms with van der Waals surface area (Å²) in [7, 11) is 0. The molecule has 1 atom stereocenters. The number of hydrogen-bond donors (Lipinski definition) is 1. The third kappa shape index (κ3) is 3.83. The Labute approximate surface area is 86.0 Å². The van der Waals surface area contributed by atoms with E-state index in [9.17, 15) is 0 Å². The highest BCUT2D eigenvalue weighted by molar-refractivity contribution is 4.97. The predicted octanol–water partition coefficient (Wildman–Crippen LogP) is 2.14. The third-order valence-electron chi connectivity index (χ3n) is 2.35. The highest BCUT2D eigenvalue weighted by Crippen LogP contribution is 2.02. The Balaban J connectivity index is 2.32. The zero-order valence-electron chi connectivity index (χ0n) is 9.03. The van der Waals surface area contributed by atoms with Crippen molar-refractivity contribution in [3.05, 3.63) is 24.3 Å². The van der Waals surface area contributed by atoms with E-state index in [1.54, 1.807) is 12.5 Å². The van der Waals surface area contributed by atoms with E-state index in [0.29, 0.717) is 6.04 Å². The van der Waals surface area contributed by atoms with Gasteiger partial charge in [-0.25, -0.2) is 9.97 Å². The zero-order valence-corrected chi connectivity index (χ0v) is 9.03. The number of aromatic nitrogens is 2. The maximum atomic E-state index is 4.17. The Morgan fingerprint density at radius 3 is 2.86 bits per heavy atom. The molecule has 1 aromatic heterocycles. The quantitative estimate of drug-likeness (QED) is 0.752. The van der Waals surface area contributed by atoms with E-state index in [1.807, 2.05) is 6.07 Å². The van der Waals surface area contributed by atoms with Crippen LogP contribution in [0.4, 0.5) is 0 Å². The van der Waals surface area contributed by atoms with Gasteiger partial charge in [-0.15, -0.1) is 0 Å². The largest absolute Gasteiger partial charge is 0.308 e. The summed E-state index contributed by atoms with van der Waals surface area (Å²) in [5.41, 5.74) is 1.06. The van der Waals surface area contributed by atoms with Gasteiger partial charge in [-0.05, 0) is 18.9 Å². The van der Waals surface area contributed by atoms with Crippen molar-refractivity contribution >= 4 is 0 Å². The molecule has 0 aliphatic carbocycles. The summed E-state index contributed by atoms with van der Waals surface area (Å²) < 4.78 is 0. The van der Waals surface area contributed by atoms with Crippen LogP contribution in [0.3, 0.4) is 0 Å². The molecule has 1 N–H and O–H groups in total. The fourth-order valence-corrected chi connectivity index (χ4v) is 1.47. The van der Waals surface area contributed by atoms with Gasteiger partial charge in [-0.2, -0.15) is 0 Å². The molecule has 1 rings (SSSR count). The van der Waals surface area contributed by atoms with E-state index in [0.717, 1.165) is 12.2 Å². The summed E-state index contributed by atoms with van der Waals surface area (Å²) in [5.74, 6) is 0. The second-order valence-electron chi connectivity index (χ2n) is 3.48. The maximum absolute atomic E-state index is 4.17. The highest BCUT2D eigenvalue weighted by atomic mass is 14.9. The summed E-state index contributed by atoms with van der Waals surface area (Å²) in [6.07, 6.45) is 7.03. The second-order valence-corrected chi connectivity index (χ2v) is 3.48. The number of hydrogen-bond acceptors (Lipinski definition) is 3. The molecule has 0 aliphatic heterocycles. The zero-order chi connectivity index (χ0) is 10.2. The molecule has 0 radical (unpaired) electrons. The topological polar surface area (TPSA) is 37.8 Å². The van der Waals surface area contributed by atoms with Crippen molar-refractivity contribution in [2.24, 2.45) is 0 Å². The van der Waals surface area contributed by atoms with Crippen LogP contribution < -0.4 is 5.32 Å². The molecule has 0 aliphatic rings. The van der Waals surface area contributed by atoms with Gasteiger partial charge in [0.25, 0.3) is 0 Å². The average molecular weight is 193 g/mol. The molecule has 0 fully saturated rings. The molecule has 0 bridgehead atoms. The van der Waals surface area contributed by atoms with Crippen LogP contribution in [0.15, 0.2) is 18.6 Å². The molecular formula is C11H19N3. The lowest BCUT2D eigenvalue weighted by Crippen LogP contribution is -2.27. The highest BCUT2D eigenvalue weighted by Gasteiger charge is 2.03. The fourth-order valence-electron chi connectivity index (χ4n) is 1.47. The van der Waals surface area contributed by atoms with Gasteiger partial charge in [-0.1, -0.05) is 20.3 Å². The molecule has 14 heavy (non-hydrogen) atoms. The van der Waals surface area contributed by atoms with Crippen LogP contribution in [0.25, 0.3) is 0 Å². The molecule has 0 aromatic carbocycles. The van der Waals surface area contributed by atoms with Gasteiger partial charge in [0.2, 0.25) is 0 Å². The van der Waals surface area contributed by atoms with Crippen LogP contribution in [-0.4, -0.2) is 16.0 Å².